The Morgan fingerprint density at radius 2 is 1.03 bits per heavy atom. The third kappa shape index (κ3) is 4.38. The number of hydrogen-bond donors (Lipinski definition) is 0. The summed E-state index contributed by atoms with van der Waals surface area (Å²) in [4.78, 5) is 13.0. The van der Waals surface area contributed by atoms with Gasteiger partial charge >= 0.3 is 5.97 Å². The van der Waals surface area contributed by atoms with Crippen molar-refractivity contribution in [1.82, 2.24) is 0 Å². The molecule has 4 aromatic carbocycles. The average Bonchev–Trinajstić information content (AvgIpc) is 2.86. The van der Waals surface area contributed by atoms with E-state index in [2.05, 4.69) is 115 Å². The molecule has 0 aliphatic heterocycles. The second kappa shape index (κ2) is 10.4. The van der Waals surface area contributed by atoms with Crippen molar-refractivity contribution >= 4 is 29.1 Å². The van der Waals surface area contributed by atoms with E-state index in [1.807, 2.05) is 13.0 Å². The van der Waals surface area contributed by atoms with Gasteiger partial charge in [-0.1, -0.05) is 84.9 Å². The molecule has 0 saturated heterocycles. The van der Waals surface area contributed by atoms with E-state index in [-0.39, 0.29) is 11.6 Å². The second-order valence-corrected chi connectivity index (χ2v) is 11.3. The van der Waals surface area contributed by atoms with Gasteiger partial charge in [0.2, 0.25) is 0 Å². The number of ether oxygens (including phenoxy) is 1. The summed E-state index contributed by atoms with van der Waals surface area (Å²) < 4.78 is 5.48. The van der Waals surface area contributed by atoms with Crippen molar-refractivity contribution in [2.45, 2.75) is 19.0 Å². The number of rotatable bonds is 8. The van der Waals surface area contributed by atoms with Crippen molar-refractivity contribution < 1.29 is 9.53 Å². The van der Waals surface area contributed by atoms with Gasteiger partial charge in [0.05, 0.1) is 13.0 Å². The molecule has 0 aliphatic carbocycles. The normalized spacial score (nSPS) is 12.2. The lowest BCUT2D eigenvalue weighted by molar-refractivity contribution is -0.143. The van der Waals surface area contributed by atoms with Gasteiger partial charge in [-0.3, -0.25) is 4.79 Å². The summed E-state index contributed by atoms with van der Waals surface area (Å²) in [6.45, 7) is 2.25. The van der Waals surface area contributed by atoms with Crippen LogP contribution in [-0.2, 0) is 9.53 Å². The first-order chi connectivity index (χ1) is 15.8. The van der Waals surface area contributed by atoms with Crippen LogP contribution in [0, 0.1) is 0 Å². The van der Waals surface area contributed by atoms with Crippen LogP contribution < -0.4 is 15.9 Å². The van der Waals surface area contributed by atoms with E-state index in [0.29, 0.717) is 13.0 Å². The molecule has 0 bridgehead atoms. The van der Waals surface area contributed by atoms with Gasteiger partial charge < -0.3 is 4.74 Å². The molecule has 4 rings (SSSR count). The molecule has 0 N–H and O–H groups in total. The molecule has 160 valence electrons. The molecule has 1 atom stereocenters. The molecule has 0 unspecified atom stereocenters. The van der Waals surface area contributed by atoms with Crippen LogP contribution in [0.15, 0.2) is 121 Å². The van der Waals surface area contributed by atoms with Crippen molar-refractivity contribution in [2.75, 3.05) is 6.61 Å². The fraction of sp³-hybridized carbons (Fsp3) is 0.138. The highest BCUT2D eigenvalue weighted by molar-refractivity contribution is 7.96. The van der Waals surface area contributed by atoms with Crippen LogP contribution in [0.25, 0.3) is 0 Å². The lowest BCUT2D eigenvalue weighted by atomic mass is 10.1. The first-order valence-corrected chi connectivity index (χ1v) is 12.9. The zero-order chi connectivity index (χ0) is 22.2. The number of esters is 1. The molecule has 0 saturated carbocycles. The zero-order valence-electron chi connectivity index (χ0n) is 18.3. The summed E-state index contributed by atoms with van der Waals surface area (Å²) in [5.74, 6) is -0.159. The standard InChI is InChI=1S/C29H28O2P/c1-2-31-29(30)23-28(24-15-7-3-8-16-24)32(25-17-9-4-10-18-25,26-19-11-5-12-20-26)27-21-13-6-14-22-27/h3-22,28H,2,23H2,1H3/q+1/t28-/m1/s1. The molecular weight excluding hydrogens is 411 g/mol. The number of carbonyl (C=O) groups excluding carboxylic acids is 1. The first kappa shape index (κ1) is 22.0. The minimum absolute atomic E-state index is 0.0463. The van der Waals surface area contributed by atoms with E-state index >= 15 is 0 Å². The highest BCUT2D eigenvalue weighted by Gasteiger charge is 2.53. The SMILES string of the molecule is CCOC(=O)C[C@H](c1ccccc1)[P+](c1ccccc1)(c1ccccc1)c1ccccc1. The van der Waals surface area contributed by atoms with Crippen LogP contribution in [0.5, 0.6) is 0 Å². The average molecular weight is 440 g/mol. The van der Waals surface area contributed by atoms with Crippen molar-refractivity contribution in [3.8, 4) is 0 Å². The summed E-state index contributed by atoms with van der Waals surface area (Å²) >= 11 is 0. The summed E-state index contributed by atoms with van der Waals surface area (Å²) in [7, 11) is -2.26. The zero-order valence-corrected chi connectivity index (χ0v) is 19.2. The Hall–Kier alpha value is -3.22. The van der Waals surface area contributed by atoms with Gasteiger partial charge in [-0.05, 0) is 48.9 Å². The van der Waals surface area contributed by atoms with Gasteiger partial charge in [-0.2, -0.15) is 0 Å². The van der Waals surface area contributed by atoms with Crippen LogP contribution in [-0.4, -0.2) is 12.6 Å². The fourth-order valence-corrected chi connectivity index (χ4v) is 9.45. The van der Waals surface area contributed by atoms with Crippen LogP contribution in [0.3, 0.4) is 0 Å². The summed E-state index contributed by atoms with van der Waals surface area (Å²) in [5, 5.41) is 3.78. The van der Waals surface area contributed by atoms with Gasteiger partial charge in [-0.25, -0.2) is 0 Å². The quantitative estimate of drug-likeness (QED) is 0.261. The fourth-order valence-electron chi connectivity index (χ4n) is 4.51. The molecule has 2 nitrogen and oxygen atoms in total. The van der Waals surface area contributed by atoms with E-state index in [1.165, 1.54) is 15.9 Å². The summed E-state index contributed by atoms with van der Waals surface area (Å²) in [6, 6.07) is 42.5. The van der Waals surface area contributed by atoms with Crippen LogP contribution in [0.2, 0.25) is 0 Å². The van der Waals surface area contributed by atoms with E-state index in [1.54, 1.807) is 0 Å². The van der Waals surface area contributed by atoms with Crippen molar-refractivity contribution in [3.63, 3.8) is 0 Å². The summed E-state index contributed by atoms with van der Waals surface area (Å²) in [5.41, 5.74) is 1.11. The predicted molar refractivity (Wildman–Crippen MR) is 136 cm³/mol. The maximum absolute atomic E-state index is 13.0. The Bertz CT molecular complexity index is 1020. The molecule has 0 aromatic heterocycles. The Labute approximate surface area is 191 Å². The van der Waals surface area contributed by atoms with Crippen LogP contribution >= 0.6 is 7.26 Å². The highest BCUT2D eigenvalue weighted by Crippen LogP contribution is 2.67. The smallest absolute Gasteiger partial charge is 0.310 e. The van der Waals surface area contributed by atoms with Crippen molar-refractivity contribution in [2.24, 2.45) is 0 Å². The van der Waals surface area contributed by atoms with Crippen molar-refractivity contribution in [3.05, 3.63) is 127 Å². The van der Waals surface area contributed by atoms with E-state index in [9.17, 15) is 4.79 Å². The van der Waals surface area contributed by atoms with E-state index < -0.39 is 7.26 Å². The minimum Gasteiger partial charge on any atom is -0.466 e. The molecule has 0 amide bonds. The number of carbonyl (C=O) groups is 1. The Morgan fingerprint density at radius 1 is 0.656 bits per heavy atom. The topological polar surface area (TPSA) is 26.3 Å². The van der Waals surface area contributed by atoms with Gasteiger partial charge in [0.1, 0.15) is 28.8 Å². The van der Waals surface area contributed by atoms with Gasteiger partial charge in [-0.15, -0.1) is 0 Å². The number of hydrogen-bond acceptors (Lipinski definition) is 2. The molecule has 32 heavy (non-hydrogen) atoms. The molecule has 0 spiro atoms. The van der Waals surface area contributed by atoms with Gasteiger partial charge in [0, 0.05) is 0 Å². The highest BCUT2D eigenvalue weighted by atomic mass is 31.2. The molecule has 4 aromatic rings. The van der Waals surface area contributed by atoms with E-state index in [0.717, 1.165) is 5.56 Å². The molecule has 0 heterocycles. The lowest BCUT2D eigenvalue weighted by Crippen LogP contribution is -2.36. The third-order valence-corrected chi connectivity index (χ3v) is 10.6. The Morgan fingerprint density at radius 3 is 1.41 bits per heavy atom. The van der Waals surface area contributed by atoms with Crippen LogP contribution in [0.4, 0.5) is 0 Å². The molecule has 0 radical (unpaired) electrons. The maximum Gasteiger partial charge on any atom is 0.310 e. The second-order valence-electron chi connectivity index (χ2n) is 7.66. The van der Waals surface area contributed by atoms with Crippen molar-refractivity contribution in [1.29, 1.82) is 0 Å². The van der Waals surface area contributed by atoms with Crippen LogP contribution in [0.1, 0.15) is 24.6 Å². The maximum atomic E-state index is 13.0. The third-order valence-electron chi connectivity index (χ3n) is 5.81. The molecule has 3 heteroatoms. The molecule has 0 fully saturated rings. The number of benzene rings is 4. The monoisotopic (exact) mass is 439 g/mol. The summed E-state index contributed by atoms with van der Waals surface area (Å²) in [6.07, 6.45) is 0.324. The predicted octanol–water partition coefficient (Wildman–Crippen LogP) is 5.68. The largest absolute Gasteiger partial charge is 0.466 e. The molecule has 0 aliphatic rings. The van der Waals surface area contributed by atoms with Gasteiger partial charge in [0.25, 0.3) is 0 Å². The minimum atomic E-state index is -2.26. The Kier molecular flexibility index (Phi) is 7.14. The lowest BCUT2D eigenvalue weighted by Gasteiger charge is -2.34. The van der Waals surface area contributed by atoms with Gasteiger partial charge in [0.15, 0.2) is 0 Å². The molecular formula is C29H28O2P+. The first-order valence-electron chi connectivity index (χ1n) is 11.0. The van der Waals surface area contributed by atoms with E-state index in [4.69, 9.17) is 4.74 Å². The Balaban J connectivity index is 2.07.